The molecule has 1 aromatic carbocycles. The molecule has 6 nitrogen and oxygen atoms in total. The zero-order valence-corrected chi connectivity index (χ0v) is 14.9. The van der Waals surface area contributed by atoms with Crippen LogP contribution in [0.2, 0.25) is 0 Å². The van der Waals surface area contributed by atoms with Crippen molar-refractivity contribution in [3.63, 3.8) is 0 Å². The Morgan fingerprint density at radius 2 is 2.04 bits per heavy atom. The molecule has 1 saturated heterocycles. The van der Waals surface area contributed by atoms with Crippen LogP contribution in [0.1, 0.15) is 30.4 Å². The summed E-state index contributed by atoms with van der Waals surface area (Å²) in [5, 5.41) is 7.99. The van der Waals surface area contributed by atoms with Crippen molar-refractivity contribution in [1.82, 2.24) is 19.5 Å². The summed E-state index contributed by atoms with van der Waals surface area (Å²) in [6.07, 6.45) is 8.64. The molecule has 4 heterocycles. The molecule has 0 spiro atoms. The number of hydrogen-bond donors (Lipinski definition) is 0. The van der Waals surface area contributed by atoms with Crippen LogP contribution in [0.5, 0.6) is 0 Å². The first-order valence-corrected chi connectivity index (χ1v) is 9.27. The van der Waals surface area contributed by atoms with Gasteiger partial charge in [0.15, 0.2) is 5.65 Å². The van der Waals surface area contributed by atoms with Crippen LogP contribution >= 0.6 is 0 Å². The van der Waals surface area contributed by atoms with Gasteiger partial charge in [0.1, 0.15) is 12.9 Å². The quantitative estimate of drug-likeness (QED) is 0.715. The maximum Gasteiger partial charge on any atom is 0.410 e. The number of pyridine rings is 1. The van der Waals surface area contributed by atoms with E-state index in [1.165, 1.54) is 5.57 Å². The van der Waals surface area contributed by atoms with Gasteiger partial charge >= 0.3 is 6.09 Å². The third kappa shape index (κ3) is 2.97. The van der Waals surface area contributed by atoms with Gasteiger partial charge in [0.2, 0.25) is 0 Å². The van der Waals surface area contributed by atoms with Gasteiger partial charge in [-0.1, -0.05) is 36.4 Å². The van der Waals surface area contributed by atoms with E-state index < -0.39 is 0 Å². The van der Waals surface area contributed by atoms with Gasteiger partial charge in [0.25, 0.3) is 0 Å². The van der Waals surface area contributed by atoms with E-state index in [9.17, 15) is 4.79 Å². The molecule has 0 radical (unpaired) electrons. The zero-order valence-electron chi connectivity index (χ0n) is 14.9. The minimum atomic E-state index is -0.212. The molecule has 0 saturated carbocycles. The monoisotopic (exact) mass is 360 g/mol. The molecule has 2 bridgehead atoms. The van der Waals surface area contributed by atoms with E-state index in [0.29, 0.717) is 6.61 Å². The number of aromatic nitrogens is 3. The summed E-state index contributed by atoms with van der Waals surface area (Å²) in [6, 6.07) is 14.2. The van der Waals surface area contributed by atoms with Gasteiger partial charge in [0, 0.05) is 12.2 Å². The molecule has 2 aliphatic heterocycles. The zero-order chi connectivity index (χ0) is 18.2. The van der Waals surface area contributed by atoms with E-state index in [1.54, 1.807) is 6.33 Å². The first kappa shape index (κ1) is 16.1. The van der Waals surface area contributed by atoms with E-state index in [-0.39, 0.29) is 18.2 Å². The van der Waals surface area contributed by atoms with Crippen LogP contribution in [-0.4, -0.2) is 37.7 Å². The molecule has 1 amide bonds. The topological polar surface area (TPSA) is 59.7 Å². The summed E-state index contributed by atoms with van der Waals surface area (Å²) in [5.41, 5.74) is 4.29. The minimum absolute atomic E-state index is 0.110. The Morgan fingerprint density at radius 3 is 2.89 bits per heavy atom. The third-order valence-corrected chi connectivity index (χ3v) is 5.47. The predicted octanol–water partition coefficient (Wildman–Crippen LogP) is 3.69. The van der Waals surface area contributed by atoms with Crippen molar-refractivity contribution in [3.8, 4) is 0 Å². The number of hydrogen-bond acceptors (Lipinski definition) is 4. The average Bonchev–Trinajstić information content (AvgIpc) is 3.28. The third-order valence-electron chi connectivity index (χ3n) is 5.47. The molecule has 2 unspecified atom stereocenters. The first-order valence-electron chi connectivity index (χ1n) is 9.27. The van der Waals surface area contributed by atoms with E-state index in [2.05, 4.69) is 28.5 Å². The number of ether oxygens (including phenoxy) is 1. The lowest BCUT2D eigenvalue weighted by Crippen LogP contribution is -2.43. The average molecular weight is 360 g/mol. The van der Waals surface area contributed by atoms with E-state index in [4.69, 9.17) is 4.74 Å². The highest BCUT2D eigenvalue weighted by Crippen LogP contribution is 2.39. The van der Waals surface area contributed by atoms with Crippen molar-refractivity contribution in [2.75, 3.05) is 0 Å². The highest BCUT2D eigenvalue weighted by molar-refractivity contribution is 5.75. The molecule has 2 aromatic heterocycles. The Kier molecular flexibility index (Phi) is 3.89. The Bertz CT molecular complexity index is 1010. The number of benzene rings is 1. The van der Waals surface area contributed by atoms with Crippen molar-refractivity contribution in [2.45, 2.75) is 38.0 Å². The Hall–Kier alpha value is -3.15. The van der Waals surface area contributed by atoms with Gasteiger partial charge in [-0.15, -0.1) is 10.2 Å². The van der Waals surface area contributed by atoms with Gasteiger partial charge < -0.3 is 4.74 Å². The molecular formula is C21H20N4O2. The number of carbonyl (C=O) groups is 1. The molecule has 5 rings (SSSR count). The second-order valence-electron chi connectivity index (χ2n) is 7.16. The number of carbonyl (C=O) groups excluding carboxylic acids is 1. The molecule has 6 heteroatoms. The standard InChI is InChI=1S/C21H20N4O2/c26-21(27-13-15-4-2-1-3-5-15)25-18-7-8-19(25)11-17(10-18)16-6-9-20-23-22-14-24(20)12-16/h1-6,9-10,12,14,18-19H,7-8,11,13H2. The normalized spacial score (nSPS) is 21.3. The minimum Gasteiger partial charge on any atom is -0.445 e. The van der Waals surface area contributed by atoms with Crippen molar-refractivity contribution >= 4 is 17.3 Å². The number of rotatable bonds is 3. The Balaban J connectivity index is 1.33. The second-order valence-corrected chi connectivity index (χ2v) is 7.16. The van der Waals surface area contributed by atoms with Crippen LogP contribution in [0.4, 0.5) is 4.79 Å². The van der Waals surface area contributed by atoms with Crippen LogP contribution in [0.3, 0.4) is 0 Å². The summed E-state index contributed by atoms with van der Waals surface area (Å²) in [7, 11) is 0. The molecule has 0 N–H and O–H groups in total. The van der Waals surface area contributed by atoms with Crippen molar-refractivity contribution in [1.29, 1.82) is 0 Å². The highest BCUT2D eigenvalue weighted by Gasteiger charge is 2.40. The fourth-order valence-electron chi connectivity index (χ4n) is 4.14. The largest absolute Gasteiger partial charge is 0.445 e. The molecule has 2 aliphatic rings. The van der Waals surface area contributed by atoms with Gasteiger partial charge in [-0.2, -0.15) is 0 Å². The van der Waals surface area contributed by atoms with Crippen LogP contribution in [0, 0.1) is 0 Å². The van der Waals surface area contributed by atoms with E-state index in [0.717, 1.165) is 36.0 Å². The molecule has 1 fully saturated rings. The fourth-order valence-corrected chi connectivity index (χ4v) is 4.14. The van der Waals surface area contributed by atoms with Gasteiger partial charge in [-0.05, 0) is 48.1 Å². The SMILES string of the molecule is O=C(OCc1ccccc1)N1C2C=C(c3ccc4nncn4c3)CC1CC2. The molecule has 27 heavy (non-hydrogen) atoms. The van der Waals surface area contributed by atoms with Crippen LogP contribution < -0.4 is 0 Å². The molecule has 2 atom stereocenters. The number of amides is 1. The highest BCUT2D eigenvalue weighted by atomic mass is 16.6. The molecule has 3 aromatic rings. The fraction of sp³-hybridized carbons (Fsp3) is 0.286. The second kappa shape index (κ2) is 6.54. The van der Waals surface area contributed by atoms with Crippen LogP contribution in [0.15, 0.2) is 61.1 Å². The van der Waals surface area contributed by atoms with E-state index >= 15 is 0 Å². The number of fused-ring (bicyclic) bond motifs is 3. The summed E-state index contributed by atoms with van der Waals surface area (Å²) in [5.74, 6) is 0. The van der Waals surface area contributed by atoms with Crippen molar-refractivity contribution in [3.05, 3.63) is 72.2 Å². The first-order chi connectivity index (χ1) is 13.3. The summed E-state index contributed by atoms with van der Waals surface area (Å²) in [4.78, 5) is 14.6. The van der Waals surface area contributed by atoms with Gasteiger partial charge in [-0.25, -0.2) is 4.79 Å². The van der Waals surface area contributed by atoms with Crippen LogP contribution in [-0.2, 0) is 11.3 Å². The van der Waals surface area contributed by atoms with Gasteiger partial charge in [-0.3, -0.25) is 9.30 Å². The predicted molar refractivity (Wildman–Crippen MR) is 101 cm³/mol. The summed E-state index contributed by atoms with van der Waals surface area (Å²) >= 11 is 0. The van der Waals surface area contributed by atoms with Gasteiger partial charge in [0.05, 0.1) is 6.04 Å². The molecule has 136 valence electrons. The van der Waals surface area contributed by atoms with Crippen molar-refractivity contribution < 1.29 is 9.53 Å². The van der Waals surface area contributed by atoms with E-state index in [1.807, 2.05) is 45.7 Å². The maximum atomic E-state index is 12.7. The molecule has 0 aliphatic carbocycles. The Labute approximate surface area is 157 Å². The molecular weight excluding hydrogens is 340 g/mol. The lowest BCUT2D eigenvalue weighted by Gasteiger charge is -2.33. The van der Waals surface area contributed by atoms with Crippen LogP contribution in [0.25, 0.3) is 11.2 Å². The smallest absolute Gasteiger partial charge is 0.410 e. The summed E-state index contributed by atoms with van der Waals surface area (Å²) < 4.78 is 7.50. The maximum absolute atomic E-state index is 12.7. The lowest BCUT2D eigenvalue weighted by atomic mass is 9.96. The summed E-state index contributed by atoms with van der Waals surface area (Å²) in [6.45, 7) is 0.316. The lowest BCUT2D eigenvalue weighted by molar-refractivity contribution is 0.0832. The number of nitrogens with zero attached hydrogens (tertiary/aromatic N) is 4. The Morgan fingerprint density at radius 1 is 1.15 bits per heavy atom. The van der Waals surface area contributed by atoms with Crippen molar-refractivity contribution in [2.24, 2.45) is 0 Å².